The minimum Gasteiger partial charge on any atom is -0.481 e. The van der Waals surface area contributed by atoms with E-state index in [0.29, 0.717) is 18.5 Å². The Bertz CT molecular complexity index is 191. The van der Waals surface area contributed by atoms with Crippen LogP contribution in [0.3, 0.4) is 0 Å². The number of carboxylic acid groups (broad SMARTS) is 1. The van der Waals surface area contributed by atoms with Crippen molar-refractivity contribution < 1.29 is 9.90 Å². The van der Waals surface area contributed by atoms with Crippen LogP contribution in [-0.2, 0) is 4.79 Å². The molecule has 0 aromatic carbocycles. The number of aliphatic carboxylic acids is 1. The molecule has 88 valence electrons. The molecule has 0 amide bonds. The molecule has 15 heavy (non-hydrogen) atoms. The van der Waals surface area contributed by atoms with E-state index in [1.807, 2.05) is 0 Å². The normalized spacial score (nSPS) is 26.5. The number of hydrogen-bond acceptors (Lipinski definition) is 4. The highest BCUT2D eigenvalue weighted by Gasteiger charge is 2.19. The number of carbonyl (C=O) groups is 1. The summed E-state index contributed by atoms with van der Waals surface area (Å²) >= 11 is 0. The Morgan fingerprint density at radius 3 is 2.33 bits per heavy atom. The Kier molecular flexibility index (Phi) is 5.60. The van der Waals surface area contributed by atoms with Crippen LogP contribution in [0.5, 0.6) is 0 Å². The van der Waals surface area contributed by atoms with Crippen LogP contribution in [0, 0.1) is 0 Å². The first-order chi connectivity index (χ1) is 7.22. The summed E-state index contributed by atoms with van der Waals surface area (Å²) in [4.78, 5) is 10.4. The number of rotatable bonds is 6. The van der Waals surface area contributed by atoms with Gasteiger partial charge in [-0.15, -0.1) is 0 Å². The summed E-state index contributed by atoms with van der Waals surface area (Å²) in [6.45, 7) is 2.52. The van der Waals surface area contributed by atoms with E-state index in [-0.39, 0.29) is 6.42 Å². The Labute approximate surface area is 90.4 Å². The molecule has 0 aromatic rings. The van der Waals surface area contributed by atoms with Gasteiger partial charge in [-0.1, -0.05) is 0 Å². The highest BCUT2D eigenvalue weighted by atomic mass is 16.4. The van der Waals surface area contributed by atoms with Gasteiger partial charge in [0.25, 0.3) is 0 Å². The second-order valence-electron chi connectivity index (χ2n) is 4.07. The van der Waals surface area contributed by atoms with Gasteiger partial charge < -0.3 is 21.5 Å². The van der Waals surface area contributed by atoms with Crippen molar-refractivity contribution in [2.75, 3.05) is 19.6 Å². The molecular weight excluding hydrogens is 194 g/mol. The van der Waals surface area contributed by atoms with E-state index < -0.39 is 5.97 Å². The molecule has 5 heteroatoms. The smallest absolute Gasteiger partial charge is 0.303 e. The number of piperazine rings is 1. The zero-order valence-electron chi connectivity index (χ0n) is 9.04. The molecule has 1 aliphatic heterocycles. The van der Waals surface area contributed by atoms with Crippen LogP contribution in [0.1, 0.15) is 25.7 Å². The zero-order valence-corrected chi connectivity index (χ0v) is 9.04. The van der Waals surface area contributed by atoms with Crippen LogP contribution in [0.4, 0.5) is 0 Å². The largest absolute Gasteiger partial charge is 0.481 e. The van der Waals surface area contributed by atoms with Crippen molar-refractivity contribution in [2.45, 2.75) is 37.8 Å². The van der Waals surface area contributed by atoms with Gasteiger partial charge in [0, 0.05) is 31.6 Å². The van der Waals surface area contributed by atoms with Crippen molar-refractivity contribution in [3.05, 3.63) is 0 Å². The molecule has 0 unspecified atom stereocenters. The average molecular weight is 215 g/mol. The maximum atomic E-state index is 10.4. The van der Waals surface area contributed by atoms with Gasteiger partial charge in [0.1, 0.15) is 0 Å². The van der Waals surface area contributed by atoms with Crippen LogP contribution in [0.25, 0.3) is 0 Å². The Balaban J connectivity index is 2.09. The molecule has 2 atom stereocenters. The van der Waals surface area contributed by atoms with Gasteiger partial charge in [0.2, 0.25) is 0 Å². The summed E-state index contributed by atoms with van der Waals surface area (Å²) in [6.07, 6.45) is 3.08. The third-order valence-corrected chi connectivity index (χ3v) is 2.77. The minimum atomic E-state index is -0.720. The molecule has 1 heterocycles. The number of carboxylic acids is 1. The molecule has 5 nitrogen and oxygen atoms in total. The molecule has 5 N–H and O–H groups in total. The summed E-state index contributed by atoms with van der Waals surface area (Å²) in [5, 5.41) is 15.3. The van der Waals surface area contributed by atoms with Gasteiger partial charge >= 0.3 is 5.97 Å². The van der Waals surface area contributed by atoms with Gasteiger partial charge in [-0.25, -0.2) is 0 Å². The summed E-state index contributed by atoms with van der Waals surface area (Å²) in [7, 11) is 0. The molecule has 1 fully saturated rings. The number of nitrogens with one attached hydrogen (secondary N) is 2. The lowest BCUT2D eigenvalue weighted by Crippen LogP contribution is -2.54. The first kappa shape index (κ1) is 12.4. The highest BCUT2D eigenvalue weighted by molar-refractivity contribution is 5.66. The van der Waals surface area contributed by atoms with E-state index in [2.05, 4.69) is 10.6 Å². The first-order valence-electron chi connectivity index (χ1n) is 5.61. The van der Waals surface area contributed by atoms with Crippen molar-refractivity contribution >= 4 is 5.97 Å². The third-order valence-electron chi connectivity index (χ3n) is 2.77. The van der Waals surface area contributed by atoms with Gasteiger partial charge in [0.05, 0.1) is 0 Å². The van der Waals surface area contributed by atoms with Crippen molar-refractivity contribution in [2.24, 2.45) is 5.73 Å². The van der Waals surface area contributed by atoms with E-state index in [4.69, 9.17) is 10.8 Å². The van der Waals surface area contributed by atoms with E-state index in [0.717, 1.165) is 32.5 Å². The third kappa shape index (κ3) is 5.11. The first-order valence-corrected chi connectivity index (χ1v) is 5.61. The van der Waals surface area contributed by atoms with Crippen molar-refractivity contribution in [1.29, 1.82) is 0 Å². The lowest BCUT2D eigenvalue weighted by atomic mass is 10.0. The standard InChI is InChI=1S/C10H21N3O2/c11-5-1-2-8-6-13-9(7-12-8)3-4-10(14)15/h8-9,12-13H,1-7,11H2,(H,14,15)/t8-,9+/m1/s1. The minimum absolute atomic E-state index is 0.243. The summed E-state index contributed by atoms with van der Waals surface area (Å²) in [5.74, 6) is -0.720. The van der Waals surface area contributed by atoms with Crippen LogP contribution in [0.2, 0.25) is 0 Å². The molecule has 1 aliphatic rings. The summed E-state index contributed by atoms with van der Waals surface area (Å²) in [6, 6.07) is 0.796. The molecular formula is C10H21N3O2. The fourth-order valence-corrected chi connectivity index (χ4v) is 1.83. The Morgan fingerprint density at radius 1 is 1.27 bits per heavy atom. The van der Waals surface area contributed by atoms with E-state index >= 15 is 0 Å². The lowest BCUT2D eigenvalue weighted by Gasteiger charge is -2.31. The maximum absolute atomic E-state index is 10.4. The maximum Gasteiger partial charge on any atom is 0.303 e. The number of hydrogen-bond donors (Lipinski definition) is 4. The number of nitrogens with two attached hydrogens (primary N) is 1. The molecule has 0 bridgehead atoms. The molecule has 1 saturated heterocycles. The topological polar surface area (TPSA) is 87.4 Å². The lowest BCUT2D eigenvalue weighted by molar-refractivity contribution is -0.137. The van der Waals surface area contributed by atoms with Gasteiger partial charge in [-0.3, -0.25) is 4.79 Å². The molecule has 0 saturated carbocycles. The summed E-state index contributed by atoms with van der Waals surface area (Å²) < 4.78 is 0. The average Bonchev–Trinajstić information content (AvgIpc) is 2.25. The molecule has 0 spiro atoms. The monoisotopic (exact) mass is 215 g/mol. The van der Waals surface area contributed by atoms with Gasteiger partial charge in [-0.2, -0.15) is 0 Å². The van der Waals surface area contributed by atoms with Gasteiger partial charge in [0.15, 0.2) is 0 Å². The predicted octanol–water partition coefficient (Wildman–Crippen LogP) is -0.480. The molecule has 1 rings (SSSR count). The van der Waals surface area contributed by atoms with E-state index in [1.165, 1.54) is 0 Å². The van der Waals surface area contributed by atoms with Crippen molar-refractivity contribution in [1.82, 2.24) is 10.6 Å². The molecule has 0 aromatic heterocycles. The zero-order chi connectivity index (χ0) is 11.1. The van der Waals surface area contributed by atoms with Crippen molar-refractivity contribution in [3.63, 3.8) is 0 Å². The summed E-state index contributed by atoms with van der Waals surface area (Å²) in [5.41, 5.74) is 5.44. The Morgan fingerprint density at radius 2 is 1.87 bits per heavy atom. The second kappa shape index (κ2) is 6.76. The van der Waals surface area contributed by atoms with Crippen LogP contribution < -0.4 is 16.4 Å². The SMILES string of the molecule is NCCC[C@@H]1CN[C@@H](CCC(=O)O)CN1. The van der Waals surface area contributed by atoms with E-state index in [9.17, 15) is 4.79 Å². The van der Waals surface area contributed by atoms with Crippen molar-refractivity contribution in [3.8, 4) is 0 Å². The van der Waals surface area contributed by atoms with Gasteiger partial charge in [-0.05, 0) is 25.8 Å². The van der Waals surface area contributed by atoms with Crippen LogP contribution in [0.15, 0.2) is 0 Å². The highest BCUT2D eigenvalue weighted by Crippen LogP contribution is 2.04. The fourth-order valence-electron chi connectivity index (χ4n) is 1.83. The second-order valence-corrected chi connectivity index (χ2v) is 4.07. The van der Waals surface area contributed by atoms with Crippen LogP contribution in [-0.4, -0.2) is 42.8 Å². The predicted molar refractivity (Wildman–Crippen MR) is 58.7 cm³/mol. The molecule has 0 radical (unpaired) electrons. The Hall–Kier alpha value is -0.650. The fraction of sp³-hybridized carbons (Fsp3) is 0.900. The van der Waals surface area contributed by atoms with Crippen LogP contribution >= 0.6 is 0 Å². The molecule has 0 aliphatic carbocycles. The van der Waals surface area contributed by atoms with E-state index in [1.54, 1.807) is 0 Å². The quantitative estimate of drug-likeness (QED) is 0.481.